The third kappa shape index (κ3) is 0.501. The van der Waals surface area contributed by atoms with Gasteiger partial charge in [0.05, 0.1) is 6.10 Å². The zero-order valence-electron chi connectivity index (χ0n) is 6.69. The third-order valence-corrected chi connectivity index (χ3v) is 3.48. The van der Waals surface area contributed by atoms with Gasteiger partial charge in [-0.25, -0.2) is 0 Å². The molecule has 12 heavy (non-hydrogen) atoms. The van der Waals surface area contributed by atoms with Gasteiger partial charge in [-0.3, -0.25) is 0 Å². The molecule has 4 unspecified atom stereocenters. The molecular weight excluding hydrogens is 152 g/mol. The Morgan fingerprint density at radius 2 is 2.50 bits per heavy atom. The molecule has 2 nitrogen and oxygen atoms in total. The highest BCUT2D eigenvalue weighted by Gasteiger charge is 2.76. The summed E-state index contributed by atoms with van der Waals surface area (Å²) in [4.78, 5) is 0. The van der Waals surface area contributed by atoms with Gasteiger partial charge in [-0.1, -0.05) is 18.2 Å². The van der Waals surface area contributed by atoms with E-state index in [0.29, 0.717) is 18.3 Å². The van der Waals surface area contributed by atoms with Crippen LogP contribution in [0.3, 0.4) is 0 Å². The molecule has 0 aromatic rings. The molecule has 4 rings (SSSR count). The first-order chi connectivity index (χ1) is 5.90. The average molecular weight is 162 g/mol. The molecule has 2 heterocycles. The van der Waals surface area contributed by atoms with Gasteiger partial charge in [-0.05, 0) is 12.0 Å². The van der Waals surface area contributed by atoms with Gasteiger partial charge < -0.3 is 9.47 Å². The van der Waals surface area contributed by atoms with Gasteiger partial charge in [0.15, 0.2) is 0 Å². The number of hydrogen-bond acceptors (Lipinski definition) is 2. The molecular formula is C10H10O2. The molecule has 2 aliphatic heterocycles. The second-order valence-corrected chi connectivity index (χ2v) is 4.10. The number of allylic oxidation sites excluding steroid dienone is 3. The highest BCUT2D eigenvalue weighted by Crippen LogP contribution is 2.63. The topological polar surface area (TPSA) is 25.1 Å². The maximum atomic E-state index is 5.74. The highest BCUT2D eigenvalue weighted by atomic mass is 16.7. The monoisotopic (exact) mass is 162 g/mol. The van der Waals surface area contributed by atoms with Gasteiger partial charge in [-0.2, -0.15) is 0 Å². The van der Waals surface area contributed by atoms with Crippen molar-refractivity contribution in [3.63, 3.8) is 0 Å². The molecule has 0 spiro atoms. The first-order valence-electron chi connectivity index (χ1n) is 4.60. The van der Waals surface area contributed by atoms with E-state index in [1.807, 2.05) is 0 Å². The van der Waals surface area contributed by atoms with Crippen LogP contribution >= 0.6 is 0 Å². The van der Waals surface area contributed by atoms with Gasteiger partial charge in [0.1, 0.15) is 17.8 Å². The van der Waals surface area contributed by atoms with E-state index in [4.69, 9.17) is 9.47 Å². The van der Waals surface area contributed by atoms with Crippen LogP contribution in [0, 0.1) is 0 Å². The Bertz CT molecular complexity index is 318. The number of rotatable bonds is 1. The van der Waals surface area contributed by atoms with Gasteiger partial charge in [0.2, 0.25) is 0 Å². The molecule has 0 N–H and O–H groups in total. The van der Waals surface area contributed by atoms with Crippen molar-refractivity contribution >= 4 is 0 Å². The van der Waals surface area contributed by atoms with Gasteiger partial charge >= 0.3 is 0 Å². The zero-order chi connectivity index (χ0) is 7.76. The lowest BCUT2D eigenvalue weighted by molar-refractivity contribution is 0.289. The molecule has 2 aliphatic carbocycles. The second-order valence-electron chi connectivity index (χ2n) is 4.10. The van der Waals surface area contributed by atoms with E-state index in [-0.39, 0.29) is 5.60 Å². The van der Waals surface area contributed by atoms with Crippen LogP contribution < -0.4 is 0 Å². The summed E-state index contributed by atoms with van der Waals surface area (Å²) in [6.45, 7) is 0. The number of epoxide rings is 2. The summed E-state index contributed by atoms with van der Waals surface area (Å²) in [7, 11) is 0. The average Bonchev–Trinajstić information content (AvgIpc) is 2.90. The van der Waals surface area contributed by atoms with Crippen LogP contribution in [0.4, 0.5) is 0 Å². The Morgan fingerprint density at radius 1 is 1.50 bits per heavy atom. The lowest BCUT2D eigenvalue weighted by Crippen LogP contribution is -2.16. The van der Waals surface area contributed by atoms with Crippen LogP contribution in [0.2, 0.25) is 0 Å². The molecule has 2 saturated heterocycles. The molecule has 0 aromatic heterocycles. The Morgan fingerprint density at radius 3 is 3.17 bits per heavy atom. The fourth-order valence-electron chi connectivity index (χ4n) is 2.73. The molecule has 4 atom stereocenters. The lowest BCUT2D eigenvalue weighted by atomic mass is 9.95. The summed E-state index contributed by atoms with van der Waals surface area (Å²) in [5.41, 5.74) is 1.61. The van der Waals surface area contributed by atoms with Crippen molar-refractivity contribution in [2.75, 3.05) is 0 Å². The van der Waals surface area contributed by atoms with E-state index in [0.717, 1.165) is 12.8 Å². The molecule has 3 fully saturated rings. The largest absolute Gasteiger partial charge is 0.366 e. The quantitative estimate of drug-likeness (QED) is 0.541. The number of ether oxygens (including phenoxy) is 2. The van der Waals surface area contributed by atoms with E-state index < -0.39 is 0 Å². The van der Waals surface area contributed by atoms with Gasteiger partial charge in [-0.15, -0.1) is 0 Å². The molecule has 2 heteroatoms. The molecule has 0 amide bonds. The van der Waals surface area contributed by atoms with E-state index in [2.05, 4.69) is 18.2 Å². The van der Waals surface area contributed by atoms with Crippen molar-refractivity contribution in [3.8, 4) is 0 Å². The summed E-state index contributed by atoms with van der Waals surface area (Å²) in [5, 5.41) is 0. The molecule has 0 aromatic carbocycles. The minimum absolute atomic E-state index is 0.136. The smallest absolute Gasteiger partial charge is 0.122 e. The molecule has 4 aliphatic rings. The molecule has 62 valence electrons. The summed E-state index contributed by atoms with van der Waals surface area (Å²) in [6, 6.07) is 0. The summed E-state index contributed by atoms with van der Waals surface area (Å²) in [6.07, 6.45) is 10.1. The van der Waals surface area contributed by atoms with Crippen molar-refractivity contribution in [2.45, 2.75) is 36.8 Å². The zero-order valence-corrected chi connectivity index (χ0v) is 6.69. The van der Waals surface area contributed by atoms with Crippen molar-refractivity contribution in [3.05, 3.63) is 23.8 Å². The fraction of sp³-hybridized carbons (Fsp3) is 0.600. The van der Waals surface area contributed by atoms with Crippen LogP contribution in [0.5, 0.6) is 0 Å². The molecule has 0 bridgehead atoms. The van der Waals surface area contributed by atoms with E-state index >= 15 is 0 Å². The minimum atomic E-state index is 0.136. The Kier molecular flexibility index (Phi) is 0.765. The number of hydrogen-bond donors (Lipinski definition) is 0. The van der Waals surface area contributed by atoms with Gasteiger partial charge in [0, 0.05) is 6.42 Å². The maximum Gasteiger partial charge on any atom is 0.122 e. The highest BCUT2D eigenvalue weighted by molar-refractivity contribution is 5.42. The van der Waals surface area contributed by atoms with E-state index in [1.165, 1.54) is 5.57 Å². The van der Waals surface area contributed by atoms with Crippen LogP contribution in [-0.4, -0.2) is 23.9 Å². The van der Waals surface area contributed by atoms with Crippen molar-refractivity contribution in [2.24, 2.45) is 0 Å². The summed E-state index contributed by atoms with van der Waals surface area (Å²) in [5.74, 6) is 0. The van der Waals surface area contributed by atoms with Crippen molar-refractivity contribution < 1.29 is 9.47 Å². The number of fused-ring (bicyclic) bond motifs is 3. The second kappa shape index (κ2) is 1.54. The predicted octanol–water partition coefficient (Wildman–Crippen LogP) is 1.18. The van der Waals surface area contributed by atoms with Crippen LogP contribution in [-0.2, 0) is 9.47 Å². The fourth-order valence-corrected chi connectivity index (χ4v) is 2.73. The molecule has 1 saturated carbocycles. The Balaban J connectivity index is 1.70. The Hall–Kier alpha value is -0.600. The van der Waals surface area contributed by atoms with Crippen LogP contribution in [0.15, 0.2) is 23.8 Å². The lowest BCUT2D eigenvalue weighted by Gasteiger charge is -2.09. The van der Waals surface area contributed by atoms with Crippen LogP contribution in [0.25, 0.3) is 0 Å². The minimum Gasteiger partial charge on any atom is -0.366 e. The summed E-state index contributed by atoms with van der Waals surface area (Å²) >= 11 is 0. The normalized spacial score (nSPS) is 58.0. The first kappa shape index (κ1) is 5.95. The van der Waals surface area contributed by atoms with Gasteiger partial charge in [0.25, 0.3) is 0 Å². The first-order valence-corrected chi connectivity index (χ1v) is 4.60. The molecule has 0 radical (unpaired) electrons. The Labute approximate surface area is 70.8 Å². The SMILES string of the molecule is C1=CCC(C23CC4OC4C2O3)=C1. The third-order valence-electron chi connectivity index (χ3n) is 3.48. The van der Waals surface area contributed by atoms with Crippen molar-refractivity contribution in [1.29, 1.82) is 0 Å². The van der Waals surface area contributed by atoms with Crippen LogP contribution in [0.1, 0.15) is 12.8 Å². The standard InChI is InChI=1S/C10H10O2/c1-2-4-6(3-1)10-5-7-8(11-7)9(10)12-10/h1-3,7-9H,4-5H2. The van der Waals surface area contributed by atoms with E-state index in [9.17, 15) is 0 Å². The van der Waals surface area contributed by atoms with E-state index in [1.54, 1.807) is 0 Å². The predicted molar refractivity (Wildman–Crippen MR) is 42.7 cm³/mol. The summed E-state index contributed by atoms with van der Waals surface area (Å²) < 4.78 is 11.2. The van der Waals surface area contributed by atoms with Crippen molar-refractivity contribution in [1.82, 2.24) is 0 Å². The maximum absolute atomic E-state index is 5.74.